The first-order valence-corrected chi connectivity index (χ1v) is 7.61. The Morgan fingerprint density at radius 3 is 2.74 bits per heavy atom. The maximum Gasteiger partial charge on any atom is 0.171 e. The normalized spacial score (nSPS) is 14.9. The van der Waals surface area contributed by atoms with Crippen molar-refractivity contribution in [2.75, 3.05) is 24.2 Å². The van der Waals surface area contributed by atoms with Crippen molar-refractivity contribution in [2.24, 2.45) is 0 Å². The predicted molar refractivity (Wildman–Crippen MR) is 80.3 cm³/mol. The molecule has 0 unspecified atom stereocenters. The van der Waals surface area contributed by atoms with Crippen molar-refractivity contribution in [1.29, 1.82) is 0 Å². The van der Waals surface area contributed by atoms with E-state index in [9.17, 15) is 4.79 Å². The molecule has 1 aromatic rings. The van der Waals surface area contributed by atoms with Crippen LogP contribution < -0.4 is 11.1 Å². The highest BCUT2D eigenvalue weighted by Crippen LogP contribution is 2.50. The van der Waals surface area contributed by atoms with Gasteiger partial charge < -0.3 is 15.8 Å². The predicted octanol–water partition coefficient (Wildman–Crippen LogP) is 3.25. The van der Waals surface area contributed by atoms with Crippen LogP contribution in [0, 0.1) is 0 Å². The van der Waals surface area contributed by atoms with E-state index in [-0.39, 0.29) is 11.9 Å². The van der Waals surface area contributed by atoms with Crippen LogP contribution in [0.3, 0.4) is 0 Å². The summed E-state index contributed by atoms with van der Waals surface area (Å²) in [5, 5.41) is 4.42. The Morgan fingerprint density at radius 2 is 2.21 bits per heavy atom. The molecule has 0 bridgehead atoms. The number of thiophene rings is 1. The van der Waals surface area contributed by atoms with Crippen LogP contribution in [-0.2, 0) is 4.74 Å². The maximum atomic E-state index is 11.6. The van der Waals surface area contributed by atoms with Gasteiger partial charge in [0.15, 0.2) is 5.78 Å². The number of nitrogen functional groups attached to an aromatic ring is 1. The van der Waals surface area contributed by atoms with Crippen LogP contribution in [0.4, 0.5) is 10.7 Å². The molecule has 1 aliphatic carbocycles. The first kappa shape index (κ1) is 14.3. The molecule has 19 heavy (non-hydrogen) atoms. The fourth-order valence-corrected chi connectivity index (χ4v) is 3.21. The second-order valence-corrected chi connectivity index (χ2v) is 6.29. The van der Waals surface area contributed by atoms with Crippen LogP contribution in [0.1, 0.15) is 54.8 Å². The first-order chi connectivity index (χ1) is 9.00. The second kappa shape index (κ2) is 5.92. The molecule has 1 fully saturated rings. The van der Waals surface area contributed by atoms with Crippen molar-refractivity contribution in [3.05, 3.63) is 10.4 Å². The Bertz CT molecular complexity index is 464. The molecular weight excluding hydrogens is 260 g/mol. The van der Waals surface area contributed by atoms with E-state index in [1.807, 2.05) is 13.8 Å². The first-order valence-electron chi connectivity index (χ1n) is 6.79. The molecule has 0 aliphatic heterocycles. The molecule has 0 amide bonds. The topological polar surface area (TPSA) is 64.3 Å². The summed E-state index contributed by atoms with van der Waals surface area (Å²) in [5.74, 6) is 0.591. The van der Waals surface area contributed by atoms with Gasteiger partial charge in [-0.1, -0.05) is 0 Å². The van der Waals surface area contributed by atoms with Gasteiger partial charge in [-0.3, -0.25) is 4.79 Å². The standard InChI is InChI=1S/C14H22N2O2S/c1-8(2)18-7-6-16-14-11(10-4-5-10)12(15)13(19-14)9(3)17/h8,10,16H,4-7,15H2,1-3H3. The highest BCUT2D eigenvalue weighted by Gasteiger charge is 2.32. The number of carbonyl (C=O) groups excluding carboxylic acids is 1. The zero-order chi connectivity index (χ0) is 14.0. The minimum atomic E-state index is 0.0517. The molecule has 106 valence electrons. The number of rotatable bonds is 7. The van der Waals surface area contributed by atoms with Crippen molar-refractivity contribution in [3.8, 4) is 0 Å². The number of hydrogen-bond donors (Lipinski definition) is 2. The lowest BCUT2D eigenvalue weighted by molar-refractivity contribution is 0.0871. The molecule has 0 spiro atoms. The quantitative estimate of drug-likeness (QED) is 0.595. The van der Waals surface area contributed by atoms with Crippen molar-refractivity contribution in [3.63, 3.8) is 0 Å². The highest BCUT2D eigenvalue weighted by atomic mass is 32.1. The van der Waals surface area contributed by atoms with Crippen LogP contribution in [-0.4, -0.2) is 25.0 Å². The number of ether oxygens (including phenoxy) is 1. The van der Waals surface area contributed by atoms with E-state index in [0.29, 0.717) is 23.1 Å². The van der Waals surface area contributed by atoms with Crippen LogP contribution in [0.15, 0.2) is 0 Å². The second-order valence-electron chi connectivity index (χ2n) is 5.26. The van der Waals surface area contributed by atoms with Crippen molar-refractivity contribution in [1.82, 2.24) is 0 Å². The van der Waals surface area contributed by atoms with E-state index in [2.05, 4.69) is 5.32 Å². The minimum absolute atomic E-state index is 0.0517. The van der Waals surface area contributed by atoms with Crippen molar-refractivity contribution >= 4 is 27.8 Å². The van der Waals surface area contributed by atoms with E-state index in [0.717, 1.165) is 17.1 Å². The van der Waals surface area contributed by atoms with Gasteiger partial charge in [0.25, 0.3) is 0 Å². The molecule has 0 radical (unpaired) electrons. The molecule has 3 N–H and O–H groups in total. The summed E-state index contributed by atoms with van der Waals surface area (Å²) in [4.78, 5) is 12.3. The van der Waals surface area contributed by atoms with Gasteiger partial charge in [-0.25, -0.2) is 0 Å². The van der Waals surface area contributed by atoms with Gasteiger partial charge in [-0.15, -0.1) is 11.3 Å². The molecule has 2 rings (SSSR count). The Morgan fingerprint density at radius 1 is 1.53 bits per heavy atom. The third-order valence-corrected chi connectivity index (χ3v) is 4.41. The lowest BCUT2D eigenvalue weighted by Crippen LogP contribution is -2.13. The van der Waals surface area contributed by atoms with Gasteiger partial charge in [0, 0.05) is 19.0 Å². The molecule has 0 atom stereocenters. The molecule has 1 aliphatic rings. The largest absolute Gasteiger partial charge is 0.397 e. The maximum absolute atomic E-state index is 11.6. The number of ketones is 1. The Kier molecular flexibility index (Phi) is 4.47. The van der Waals surface area contributed by atoms with Gasteiger partial charge in [-0.05, 0) is 32.6 Å². The monoisotopic (exact) mass is 282 g/mol. The summed E-state index contributed by atoms with van der Waals surface area (Å²) >= 11 is 1.48. The van der Waals surface area contributed by atoms with Crippen LogP contribution >= 0.6 is 11.3 Å². The van der Waals surface area contributed by atoms with Crippen LogP contribution in [0.5, 0.6) is 0 Å². The summed E-state index contributed by atoms with van der Waals surface area (Å²) in [6.07, 6.45) is 2.59. The van der Waals surface area contributed by atoms with E-state index in [1.54, 1.807) is 6.92 Å². The Hall–Kier alpha value is -1.07. The Balaban J connectivity index is 2.06. The SMILES string of the molecule is CC(=O)c1sc(NCCOC(C)C)c(C2CC2)c1N. The fraction of sp³-hybridized carbons (Fsp3) is 0.643. The minimum Gasteiger partial charge on any atom is -0.397 e. The van der Waals surface area contributed by atoms with Gasteiger partial charge in [0.2, 0.25) is 0 Å². The molecular formula is C14H22N2O2S. The summed E-state index contributed by atoms with van der Waals surface area (Å²) in [6, 6.07) is 0. The molecule has 1 aromatic heterocycles. The summed E-state index contributed by atoms with van der Waals surface area (Å²) < 4.78 is 5.51. The van der Waals surface area contributed by atoms with Gasteiger partial charge in [0.05, 0.1) is 28.3 Å². The van der Waals surface area contributed by atoms with E-state index in [1.165, 1.54) is 24.2 Å². The summed E-state index contributed by atoms with van der Waals surface area (Å²) in [5.41, 5.74) is 7.96. The van der Waals surface area contributed by atoms with Crippen LogP contribution in [0.25, 0.3) is 0 Å². The third-order valence-electron chi connectivity index (χ3n) is 3.13. The van der Waals surface area contributed by atoms with Crippen molar-refractivity contribution < 1.29 is 9.53 Å². The molecule has 5 heteroatoms. The van der Waals surface area contributed by atoms with Gasteiger partial charge >= 0.3 is 0 Å². The zero-order valence-corrected chi connectivity index (χ0v) is 12.6. The van der Waals surface area contributed by atoms with Gasteiger partial charge in [0.1, 0.15) is 0 Å². The highest BCUT2D eigenvalue weighted by molar-refractivity contribution is 7.18. The molecule has 1 saturated carbocycles. The van der Waals surface area contributed by atoms with E-state index >= 15 is 0 Å². The van der Waals surface area contributed by atoms with Crippen LogP contribution in [0.2, 0.25) is 0 Å². The summed E-state index contributed by atoms with van der Waals surface area (Å²) in [7, 11) is 0. The molecule has 4 nitrogen and oxygen atoms in total. The number of anilines is 2. The number of hydrogen-bond acceptors (Lipinski definition) is 5. The molecule has 0 aromatic carbocycles. The fourth-order valence-electron chi connectivity index (χ4n) is 2.09. The van der Waals surface area contributed by atoms with E-state index < -0.39 is 0 Å². The lowest BCUT2D eigenvalue weighted by atomic mass is 10.1. The van der Waals surface area contributed by atoms with Crippen molar-refractivity contribution in [2.45, 2.75) is 45.6 Å². The number of nitrogens with two attached hydrogens (primary N) is 1. The van der Waals surface area contributed by atoms with E-state index in [4.69, 9.17) is 10.5 Å². The molecule has 0 saturated heterocycles. The summed E-state index contributed by atoms with van der Waals surface area (Å²) in [6.45, 7) is 7.02. The average Bonchev–Trinajstić information content (AvgIpc) is 3.09. The van der Waals surface area contributed by atoms with Gasteiger partial charge in [-0.2, -0.15) is 0 Å². The number of carbonyl (C=O) groups is 1. The number of Topliss-reactive ketones (excluding diaryl/α,β-unsaturated/α-hetero) is 1. The average molecular weight is 282 g/mol. The zero-order valence-electron chi connectivity index (χ0n) is 11.8. The lowest BCUT2D eigenvalue weighted by Gasteiger charge is -2.10. The molecule has 1 heterocycles. The third kappa shape index (κ3) is 3.48. The Labute approximate surface area is 118 Å². The smallest absolute Gasteiger partial charge is 0.171 e. The number of nitrogens with one attached hydrogen (secondary N) is 1.